The second-order valence-corrected chi connectivity index (χ2v) is 5.37. The van der Waals surface area contributed by atoms with E-state index in [1.165, 1.54) is 0 Å². The summed E-state index contributed by atoms with van der Waals surface area (Å²) < 4.78 is 5.13. The second kappa shape index (κ2) is 9.68. The fourth-order valence-electron chi connectivity index (χ4n) is 2.27. The first-order valence-electron chi connectivity index (χ1n) is 8.15. The van der Waals surface area contributed by atoms with Crippen LogP contribution in [0, 0.1) is 12.3 Å². The van der Waals surface area contributed by atoms with Crippen molar-refractivity contribution in [1.29, 1.82) is 0 Å². The van der Waals surface area contributed by atoms with E-state index in [2.05, 4.69) is 5.92 Å². The highest BCUT2D eigenvalue weighted by molar-refractivity contribution is 5.98. The third-order valence-electron chi connectivity index (χ3n) is 3.29. The molecule has 0 radical (unpaired) electrons. The summed E-state index contributed by atoms with van der Waals surface area (Å²) in [6, 6.07) is 4.80. The monoisotopic (exact) mass is 315 g/mol. The zero-order valence-corrected chi connectivity index (χ0v) is 14.2. The number of amides is 1. The number of rotatable bonds is 8. The van der Waals surface area contributed by atoms with E-state index in [1.54, 1.807) is 23.1 Å². The lowest BCUT2D eigenvalue weighted by Gasteiger charge is -2.22. The van der Waals surface area contributed by atoms with Crippen LogP contribution in [0.2, 0.25) is 0 Å². The predicted molar refractivity (Wildman–Crippen MR) is 91.4 cm³/mol. The number of hydrogen-bond donors (Lipinski definition) is 0. The van der Waals surface area contributed by atoms with Gasteiger partial charge >= 0.3 is 5.97 Å². The van der Waals surface area contributed by atoms with Gasteiger partial charge in [0.25, 0.3) is 5.91 Å². The molecule has 0 aromatic heterocycles. The molecule has 0 N–H and O–H groups in total. The van der Waals surface area contributed by atoms with E-state index in [1.807, 2.05) is 20.8 Å². The van der Waals surface area contributed by atoms with Crippen LogP contribution in [-0.2, 0) is 4.74 Å². The van der Waals surface area contributed by atoms with E-state index in [0.29, 0.717) is 36.4 Å². The topological polar surface area (TPSA) is 46.6 Å². The van der Waals surface area contributed by atoms with E-state index in [9.17, 15) is 9.59 Å². The molecule has 0 saturated carbocycles. The Bertz CT molecular complexity index is 581. The summed E-state index contributed by atoms with van der Waals surface area (Å²) in [5.41, 5.74) is 1.27. The zero-order chi connectivity index (χ0) is 17.2. The van der Waals surface area contributed by atoms with E-state index < -0.39 is 5.97 Å². The molecule has 23 heavy (non-hydrogen) atoms. The number of nitrogens with zero attached hydrogens (tertiary/aromatic N) is 1. The summed E-state index contributed by atoms with van der Waals surface area (Å²) in [4.78, 5) is 26.5. The Kier molecular flexibility index (Phi) is 7.90. The Hall–Kier alpha value is -2.28. The maximum absolute atomic E-state index is 12.7. The molecule has 0 saturated heterocycles. The van der Waals surface area contributed by atoms with Crippen molar-refractivity contribution in [3.8, 4) is 12.3 Å². The molecule has 1 aromatic rings. The van der Waals surface area contributed by atoms with Crippen LogP contribution in [0.1, 0.15) is 66.3 Å². The summed E-state index contributed by atoms with van der Waals surface area (Å²) in [5.74, 6) is 1.95. The average Bonchev–Trinajstić information content (AvgIpc) is 2.58. The van der Waals surface area contributed by atoms with Gasteiger partial charge in [-0.05, 0) is 37.5 Å². The van der Waals surface area contributed by atoms with Gasteiger partial charge in [-0.3, -0.25) is 4.79 Å². The number of hydrogen-bond acceptors (Lipinski definition) is 3. The summed E-state index contributed by atoms with van der Waals surface area (Å²) in [7, 11) is 0. The van der Waals surface area contributed by atoms with E-state index in [4.69, 9.17) is 11.2 Å². The molecule has 0 bridgehead atoms. The lowest BCUT2D eigenvalue weighted by molar-refractivity contribution is 0.0505. The summed E-state index contributed by atoms with van der Waals surface area (Å²) in [5, 5.41) is 0. The van der Waals surface area contributed by atoms with Crippen LogP contribution in [0.15, 0.2) is 18.2 Å². The molecule has 0 spiro atoms. The first-order valence-corrected chi connectivity index (χ1v) is 8.15. The molecule has 0 aliphatic heterocycles. The third kappa shape index (κ3) is 5.45. The van der Waals surface area contributed by atoms with Crippen LogP contribution in [-0.4, -0.2) is 36.5 Å². The van der Waals surface area contributed by atoms with Gasteiger partial charge in [0.1, 0.15) is 0 Å². The van der Waals surface area contributed by atoms with Crippen molar-refractivity contribution in [2.45, 2.75) is 40.0 Å². The van der Waals surface area contributed by atoms with Crippen molar-refractivity contribution in [1.82, 2.24) is 4.90 Å². The molecule has 0 atom stereocenters. The number of terminal acetylenes is 1. The lowest BCUT2D eigenvalue weighted by atomic mass is 10.0. The smallest absolute Gasteiger partial charge is 0.338 e. The molecule has 0 aliphatic rings. The highest BCUT2D eigenvalue weighted by Crippen LogP contribution is 2.14. The summed E-state index contributed by atoms with van der Waals surface area (Å²) in [6.07, 6.45) is 7.96. The average molecular weight is 315 g/mol. The van der Waals surface area contributed by atoms with Gasteiger partial charge in [0.05, 0.1) is 12.2 Å². The van der Waals surface area contributed by atoms with Gasteiger partial charge in [-0.15, -0.1) is 6.42 Å². The molecule has 1 aromatic carbocycles. The molecule has 1 rings (SSSR count). The largest absolute Gasteiger partial charge is 0.462 e. The van der Waals surface area contributed by atoms with Gasteiger partial charge in [-0.25, -0.2) is 4.79 Å². The van der Waals surface area contributed by atoms with Crippen LogP contribution < -0.4 is 0 Å². The molecule has 1 amide bonds. The molecular formula is C19H25NO3. The highest BCUT2D eigenvalue weighted by Gasteiger charge is 2.18. The quantitative estimate of drug-likeness (QED) is 0.545. The Morgan fingerprint density at radius 2 is 1.65 bits per heavy atom. The van der Waals surface area contributed by atoms with E-state index >= 15 is 0 Å². The van der Waals surface area contributed by atoms with Gasteiger partial charge in [-0.1, -0.05) is 26.7 Å². The number of ether oxygens (including phenoxy) is 1. The van der Waals surface area contributed by atoms with Crippen LogP contribution in [0.3, 0.4) is 0 Å². The fourth-order valence-corrected chi connectivity index (χ4v) is 2.27. The first-order chi connectivity index (χ1) is 11.1. The van der Waals surface area contributed by atoms with Crippen LogP contribution >= 0.6 is 0 Å². The van der Waals surface area contributed by atoms with E-state index in [-0.39, 0.29) is 5.91 Å². The third-order valence-corrected chi connectivity index (χ3v) is 3.29. The Morgan fingerprint density at radius 1 is 1.04 bits per heavy atom. The molecule has 0 aliphatic carbocycles. The Morgan fingerprint density at radius 3 is 2.17 bits per heavy atom. The van der Waals surface area contributed by atoms with Crippen molar-refractivity contribution in [3.63, 3.8) is 0 Å². The normalized spacial score (nSPS) is 10.0. The van der Waals surface area contributed by atoms with Gasteiger partial charge in [0.2, 0.25) is 0 Å². The summed E-state index contributed by atoms with van der Waals surface area (Å²) in [6.45, 7) is 7.70. The lowest BCUT2D eigenvalue weighted by Crippen LogP contribution is -2.32. The molecular weight excluding hydrogens is 290 g/mol. The number of carbonyl (C=O) groups is 2. The van der Waals surface area contributed by atoms with Crippen molar-refractivity contribution < 1.29 is 14.3 Å². The van der Waals surface area contributed by atoms with Gasteiger partial charge in [0.15, 0.2) is 0 Å². The predicted octanol–water partition coefficient (Wildman–Crippen LogP) is 3.50. The first kappa shape index (κ1) is 18.8. The molecule has 4 nitrogen and oxygen atoms in total. The van der Waals surface area contributed by atoms with Crippen LogP contribution in [0.4, 0.5) is 0 Å². The molecule has 0 fully saturated rings. The number of esters is 1. The fraction of sp³-hybridized carbons (Fsp3) is 0.474. The Labute approximate surface area is 138 Å². The number of benzene rings is 1. The Balaban J connectivity index is 3.12. The molecule has 4 heteroatoms. The molecule has 0 unspecified atom stereocenters. The van der Waals surface area contributed by atoms with Crippen molar-refractivity contribution in [2.75, 3.05) is 19.7 Å². The minimum absolute atomic E-state index is 0.102. The van der Waals surface area contributed by atoms with Gasteiger partial charge < -0.3 is 9.64 Å². The zero-order valence-electron chi connectivity index (χ0n) is 14.2. The van der Waals surface area contributed by atoms with Crippen LogP contribution in [0.5, 0.6) is 0 Å². The minimum atomic E-state index is -0.449. The SMILES string of the molecule is C#Cc1cc(C(=O)OCCC)cc(C(=O)N(CCC)CCC)c1. The van der Waals surface area contributed by atoms with Crippen molar-refractivity contribution >= 4 is 11.9 Å². The van der Waals surface area contributed by atoms with Gasteiger partial charge in [-0.2, -0.15) is 0 Å². The minimum Gasteiger partial charge on any atom is -0.462 e. The van der Waals surface area contributed by atoms with Crippen molar-refractivity contribution in [3.05, 3.63) is 34.9 Å². The van der Waals surface area contributed by atoms with Crippen molar-refractivity contribution in [2.24, 2.45) is 0 Å². The van der Waals surface area contributed by atoms with Crippen LogP contribution in [0.25, 0.3) is 0 Å². The summed E-state index contributed by atoms with van der Waals surface area (Å²) >= 11 is 0. The highest BCUT2D eigenvalue weighted by atomic mass is 16.5. The maximum atomic E-state index is 12.7. The number of carbonyl (C=O) groups excluding carboxylic acids is 2. The second-order valence-electron chi connectivity index (χ2n) is 5.37. The molecule has 0 heterocycles. The van der Waals surface area contributed by atoms with Gasteiger partial charge in [0, 0.05) is 24.2 Å². The standard InChI is InChI=1S/C19H25NO3/c1-5-9-20(10-6-2)18(21)16-12-15(8-4)13-17(14-16)19(22)23-11-7-3/h4,12-14H,5-7,9-11H2,1-3H3. The maximum Gasteiger partial charge on any atom is 0.338 e. The van der Waals surface area contributed by atoms with E-state index in [0.717, 1.165) is 19.3 Å². The molecule has 124 valence electrons.